The molecular formula is C98H130Co2N4O4-2. The smallest absolute Gasteiger partial charge is 0.128 e. The normalized spacial score (nSPS) is 17.0. The maximum Gasteiger partial charge on any atom is 0.128 e. The molecule has 8 aromatic rings. The topological polar surface area (TPSA) is 130 Å². The average Bonchev–Trinajstić information content (AvgIpc) is 0.761. The van der Waals surface area contributed by atoms with Gasteiger partial charge in [0.2, 0.25) is 0 Å². The predicted octanol–water partition coefficient (Wildman–Crippen LogP) is 24.4. The molecule has 586 valence electrons. The first-order valence-electron chi connectivity index (χ1n) is 38.5. The summed E-state index contributed by atoms with van der Waals surface area (Å²) < 4.78 is 0. The number of nitrogens with zero attached hydrogens (tertiary/aromatic N) is 4. The second-order valence-corrected chi connectivity index (χ2v) is 37.2. The van der Waals surface area contributed by atoms with Gasteiger partial charge in [-0.25, -0.2) is 0 Å². The quantitative estimate of drug-likeness (QED) is 0.0447. The largest absolute Gasteiger partial charge is 0.507 e. The fraction of sp³-hybridized carbons (Fsp3) is 0.449. The second-order valence-electron chi connectivity index (χ2n) is 37.2. The molecule has 4 N–H and O–H groups in total. The van der Waals surface area contributed by atoms with Crippen molar-refractivity contribution in [1.82, 2.24) is 0 Å². The van der Waals surface area contributed by atoms with Gasteiger partial charge in [-0.2, -0.15) is 0 Å². The van der Waals surface area contributed by atoms with Crippen LogP contribution in [0.3, 0.4) is 0 Å². The molecule has 0 heterocycles. The Labute approximate surface area is 673 Å². The van der Waals surface area contributed by atoms with Crippen molar-refractivity contribution in [1.29, 1.82) is 0 Å². The van der Waals surface area contributed by atoms with Crippen molar-refractivity contribution >= 4 is 24.9 Å². The molecule has 2 aliphatic rings. The van der Waals surface area contributed by atoms with Crippen molar-refractivity contribution in [3.63, 3.8) is 0 Å². The van der Waals surface area contributed by atoms with Crippen LogP contribution in [0.5, 0.6) is 23.0 Å². The Hall–Kier alpha value is -7.35. The van der Waals surface area contributed by atoms with E-state index in [1.54, 1.807) is 0 Å². The average molecular weight is 1550 g/mol. The minimum atomic E-state index is -0.464. The molecule has 0 aromatic heterocycles. The van der Waals surface area contributed by atoms with E-state index in [1.807, 2.05) is 37.0 Å². The number of aromatic hydroxyl groups is 4. The molecule has 0 amide bonds. The number of phenols is 4. The second kappa shape index (κ2) is 37.6. The molecule has 2 aliphatic carbocycles. The summed E-state index contributed by atoms with van der Waals surface area (Å²) in [6, 6.07) is 59.1. The molecular weight excluding hydrogens is 1410 g/mol. The zero-order valence-corrected chi connectivity index (χ0v) is 71.6. The number of benzene rings is 8. The van der Waals surface area contributed by atoms with E-state index in [2.05, 4.69) is 296 Å². The van der Waals surface area contributed by atoms with Crippen LogP contribution in [0.15, 0.2) is 190 Å². The fourth-order valence-electron chi connectivity index (χ4n) is 15.4. The first-order chi connectivity index (χ1) is 48.7. The zero-order chi connectivity index (χ0) is 75.8. The third-order valence-corrected chi connectivity index (χ3v) is 21.5. The van der Waals surface area contributed by atoms with Gasteiger partial charge < -0.3 is 35.3 Å². The molecule has 0 spiro atoms. The number of hydrogen-bond donors (Lipinski definition) is 4. The van der Waals surface area contributed by atoms with E-state index in [-0.39, 0.29) is 117 Å². The van der Waals surface area contributed by atoms with E-state index < -0.39 is 10.8 Å². The van der Waals surface area contributed by atoms with E-state index in [0.29, 0.717) is 22.6 Å². The number of hydrogen-bond acceptors (Lipinski definition) is 8. The van der Waals surface area contributed by atoms with Crippen molar-refractivity contribution in [3.8, 4) is 23.0 Å². The summed E-state index contributed by atoms with van der Waals surface area (Å²) in [6.07, 6.45) is 19.2. The van der Waals surface area contributed by atoms with Gasteiger partial charge in [0, 0.05) is 113 Å². The summed E-state index contributed by atoms with van der Waals surface area (Å²) >= 11 is 0. The van der Waals surface area contributed by atoms with Crippen LogP contribution >= 0.6 is 0 Å². The van der Waals surface area contributed by atoms with E-state index in [1.165, 1.54) is 22.3 Å². The van der Waals surface area contributed by atoms with Crippen LogP contribution in [-0.4, -0.2) is 69.5 Å². The summed E-state index contributed by atoms with van der Waals surface area (Å²) in [5.74, 6) is 1.22. The van der Waals surface area contributed by atoms with Crippen molar-refractivity contribution in [2.45, 2.75) is 261 Å². The molecule has 0 saturated heterocycles. The third kappa shape index (κ3) is 23.8. The molecule has 4 unspecified atom stereocenters. The van der Waals surface area contributed by atoms with Crippen LogP contribution in [0, 0.1) is 36.5 Å². The predicted molar refractivity (Wildman–Crippen MR) is 455 cm³/mol. The molecule has 2 saturated carbocycles. The van der Waals surface area contributed by atoms with Gasteiger partial charge in [-0.3, -0.25) is 20.0 Å². The molecule has 10 heteroatoms. The van der Waals surface area contributed by atoms with Crippen molar-refractivity contribution in [2.24, 2.45) is 41.6 Å². The van der Waals surface area contributed by atoms with Crippen LogP contribution in [0.1, 0.15) is 279 Å². The molecule has 8 aromatic carbocycles. The third-order valence-electron chi connectivity index (χ3n) is 21.5. The molecule has 4 atom stereocenters. The van der Waals surface area contributed by atoms with Gasteiger partial charge in [-0.05, 0) is 153 Å². The first-order valence-corrected chi connectivity index (χ1v) is 38.5. The van der Waals surface area contributed by atoms with Crippen molar-refractivity contribution in [2.75, 3.05) is 0 Å². The number of rotatable bonds is 20. The Morgan fingerprint density at radius 1 is 0.287 bits per heavy atom. The molecule has 2 fully saturated rings. The van der Waals surface area contributed by atoms with Crippen LogP contribution in [0.2, 0.25) is 0 Å². The van der Waals surface area contributed by atoms with Gasteiger partial charge in [-0.1, -0.05) is 310 Å². The Balaban J connectivity index is 0.000000391. The Morgan fingerprint density at radius 3 is 0.759 bits per heavy atom. The van der Waals surface area contributed by atoms with Crippen LogP contribution in [0.25, 0.3) is 0 Å². The monoisotopic (exact) mass is 1540 g/mol. The van der Waals surface area contributed by atoms with Crippen molar-refractivity contribution < 1.29 is 54.0 Å². The van der Waals surface area contributed by atoms with Gasteiger partial charge in [0.1, 0.15) is 23.0 Å². The van der Waals surface area contributed by atoms with E-state index in [4.69, 9.17) is 20.0 Å². The molecule has 2 radical (unpaired) electrons. The van der Waals surface area contributed by atoms with E-state index in [9.17, 15) is 20.4 Å². The standard InChI is InChI=1S/C56H62N2O2.C40H62N2O2.2CH3.2Co/c1-53(2,41-23-13-9-14-24-41)45-33-39(51(59)47(35-45)55(5,6)43-27-17-11-18-28-43)37-57-49-31-21-22-32-50(49)58-38-40-34-46(54(3,4)42-25-15-10-16-26-42)36-48(52(40)60)56(7,8)44-29-19-12-20-30-44;1-37(2,3)21-27-17-29(23-39(7,8)9)35(43)31(19-27)25-41-33-15-13-14-16-34(33)42-26-32-20-28(22-38(4,5)6)18-30(36(32)44)24-40(10,11)12;;;;/h9-20,23-30,33-38,49-50,59-60H,21-22,31-32H2,1-8H3;17-20,25-26,33-34,43-44H,13-16,21-24H2,1-12H3;2*1H3;;/q;;2*-1;;. The Kier molecular flexibility index (Phi) is 31.8. The summed E-state index contributed by atoms with van der Waals surface area (Å²) in [4.78, 5) is 20.7. The maximum atomic E-state index is 12.1. The maximum absolute atomic E-state index is 12.1. The number of aliphatic imine (C=N–C) groups is 4. The van der Waals surface area contributed by atoms with Gasteiger partial charge >= 0.3 is 0 Å². The minimum Gasteiger partial charge on any atom is -0.507 e. The van der Waals surface area contributed by atoms with Gasteiger partial charge in [0.15, 0.2) is 0 Å². The summed E-state index contributed by atoms with van der Waals surface area (Å²) in [6.45, 7) is 44.5. The Bertz CT molecular complexity index is 4040. The van der Waals surface area contributed by atoms with Crippen LogP contribution in [-0.2, 0) is 80.9 Å². The summed E-state index contributed by atoms with van der Waals surface area (Å²) in [7, 11) is 0. The molecule has 0 bridgehead atoms. The zero-order valence-electron chi connectivity index (χ0n) is 69.5. The SMILES string of the molecule is CC(C)(C)Cc1cc(C=NC2CCCCC2N=Cc2cc(CC(C)(C)C)cc(CC(C)(C)C)c2O)c(O)c(CC(C)(C)C)c1.CC(C)(c1ccccc1)c1cc(C=NC2CCCCC2N=Cc2cc(C(C)(C)c3ccccc3)cc(C(C)(C)c3ccccc3)c2O)c(O)c(C(C)(C)c2ccccc2)c1.[CH3-].[CH3-].[Co].[Co]. The van der Waals surface area contributed by atoms with Gasteiger partial charge in [0.25, 0.3) is 0 Å². The van der Waals surface area contributed by atoms with E-state index >= 15 is 0 Å². The summed E-state index contributed by atoms with van der Waals surface area (Å²) in [5, 5.41) is 46.9. The van der Waals surface area contributed by atoms with Gasteiger partial charge in [-0.15, -0.1) is 0 Å². The van der Waals surface area contributed by atoms with Gasteiger partial charge in [0.05, 0.1) is 24.2 Å². The molecule has 0 aliphatic heterocycles. The molecule has 108 heavy (non-hydrogen) atoms. The van der Waals surface area contributed by atoms with E-state index in [0.717, 1.165) is 133 Å². The number of phenolic OH excluding ortho intramolecular Hbond substituents is 4. The first kappa shape index (κ1) is 91.3. The Morgan fingerprint density at radius 2 is 0.519 bits per heavy atom. The minimum absolute atomic E-state index is 0. The molecule has 10 rings (SSSR count). The summed E-state index contributed by atoms with van der Waals surface area (Å²) in [5.41, 5.74) is 15.0. The van der Waals surface area contributed by atoms with Crippen LogP contribution < -0.4 is 0 Å². The van der Waals surface area contributed by atoms with Crippen LogP contribution in [0.4, 0.5) is 0 Å². The fourth-order valence-corrected chi connectivity index (χ4v) is 15.4. The van der Waals surface area contributed by atoms with Crippen molar-refractivity contribution in [3.05, 3.63) is 274 Å². The molecule has 8 nitrogen and oxygen atoms in total.